The van der Waals surface area contributed by atoms with Gasteiger partial charge in [-0.2, -0.15) is 0 Å². The van der Waals surface area contributed by atoms with E-state index in [9.17, 15) is 4.79 Å². The molecule has 1 rings (SSSR count). The Balaban J connectivity index is 2.96. The third-order valence-corrected chi connectivity index (χ3v) is 2.35. The van der Waals surface area contributed by atoms with Crippen molar-refractivity contribution in [3.8, 4) is 17.2 Å². The molecule has 1 aromatic rings. The highest BCUT2D eigenvalue weighted by atomic mass is 16.5. The summed E-state index contributed by atoms with van der Waals surface area (Å²) in [6.07, 6.45) is -0.497. The first-order valence-electron chi connectivity index (χ1n) is 5.27. The van der Waals surface area contributed by atoms with Gasteiger partial charge in [0.1, 0.15) is 0 Å². The van der Waals surface area contributed by atoms with Crippen LogP contribution in [0.3, 0.4) is 0 Å². The number of carbonyl (C=O) groups is 1. The third kappa shape index (κ3) is 3.19. The van der Waals surface area contributed by atoms with Gasteiger partial charge in [0.2, 0.25) is 5.75 Å². The molecule has 0 saturated carbocycles. The van der Waals surface area contributed by atoms with Gasteiger partial charge >= 0.3 is 6.09 Å². The number of benzene rings is 1. The van der Waals surface area contributed by atoms with Crippen LogP contribution in [0.2, 0.25) is 0 Å². The Bertz CT molecular complexity index is 394. The van der Waals surface area contributed by atoms with Crippen molar-refractivity contribution >= 4 is 6.09 Å². The molecule has 6 nitrogen and oxygen atoms in total. The highest BCUT2D eigenvalue weighted by Crippen LogP contribution is 2.38. The Morgan fingerprint density at radius 2 is 1.61 bits per heavy atom. The lowest BCUT2D eigenvalue weighted by molar-refractivity contribution is 0.170. The number of methoxy groups -OCH3 is 4. The molecule has 1 N–H and O–H groups in total. The van der Waals surface area contributed by atoms with Gasteiger partial charge in [-0.15, -0.1) is 0 Å². The standard InChI is InChI=1S/C12H17NO5/c1-15-9-5-8(7-13-12(14)18-4)6-10(16-2)11(9)17-3/h5-6H,7H2,1-4H3,(H,13,14). The van der Waals surface area contributed by atoms with Crippen molar-refractivity contribution in [1.29, 1.82) is 0 Å². The molecule has 0 unspecified atom stereocenters. The van der Waals surface area contributed by atoms with E-state index in [0.29, 0.717) is 23.8 Å². The normalized spacial score (nSPS) is 9.56. The van der Waals surface area contributed by atoms with E-state index in [-0.39, 0.29) is 0 Å². The fraction of sp³-hybridized carbons (Fsp3) is 0.417. The second-order valence-corrected chi connectivity index (χ2v) is 3.38. The lowest BCUT2D eigenvalue weighted by atomic mass is 10.2. The van der Waals surface area contributed by atoms with Crippen molar-refractivity contribution in [1.82, 2.24) is 5.32 Å². The van der Waals surface area contributed by atoms with Crippen LogP contribution in [-0.4, -0.2) is 34.5 Å². The Morgan fingerprint density at radius 3 is 2.00 bits per heavy atom. The van der Waals surface area contributed by atoms with Crippen molar-refractivity contribution in [3.05, 3.63) is 17.7 Å². The van der Waals surface area contributed by atoms with Gasteiger partial charge in [0, 0.05) is 6.54 Å². The third-order valence-electron chi connectivity index (χ3n) is 2.35. The molecule has 18 heavy (non-hydrogen) atoms. The van der Waals surface area contributed by atoms with E-state index in [1.54, 1.807) is 12.1 Å². The zero-order valence-electron chi connectivity index (χ0n) is 10.9. The summed E-state index contributed by atoms with van der Waals surface area (Å²) < 4.78 is 20.1. The molecule has 0 radical (unpaired) electrons. The fourth-order valence-electron chi connectivity index (χ4n) is 1.48. The Morgan fingerprint density at radius 1 is 1.06 bits per heavy atom. The number of hydrogen-bond acceptors (Lipinski definition) is 5. The molecule has 0 aliphatic heterocycles. The van der Waals surface area contributed by atoms with Gasteiger partial charge in [0.25, 0.3) is 0 Å². The van der Waals surface area contributed by atoms with E-state index in [1.165, 1.54) is 28.4 Å². The zero-order valence-corrected chi connectivity index (χ0v) is 10.9. The number of carbonyl (C=O) groups excluding carboxylic acids is 1. The van der Waals surface area contributed by atoms with Crippen LogP contribution in [0.5, 0.6) is 17.2 Å². The number of nitrogens with one attached hydrogen (secondary N) is 1. The molecular formula is C12H17NO5. The van der Waals surface area contributed by atoms with E-state index in [0.717, 1.165) is 5.56 Å². The predicted molar refractivity (Wildman–Crippen MR) is 65.3 cm³/mol. The minimum Gasteiger partial charge on any atom is -0.493 e. The largest absolute Gasteiger partial charge is 0.493 e. The number of ether oxygens (including phenoxy) is 4. The van der Waals surface area contributed by atoms with Crippen LogP contribution in [0, 0.1) is 0 Å². The number of hydrogen-bond donors (Lipinski definition) is 1. The van der Waals surface area contributed by atoms with Gasteiger partial charge in [-0.3, -0.25) is 0 Å². The van der Waals surface area contributed by atoms with E-state index in [2.05, 4.69) is 10.1 Å². The molecule has 6 heteroatoms. The van der Waals surface area contributed by atoms with Crippen molar-refractivity contribution in [3.63, 3.8) is 0 Å². The summed E-state index contributed by atoms with van der Waals surface area (Å²) in [5.74, 6) is 1.60. The average molecular weight is 255 g/mol. The molecule has 0 saturated heterocycles. The van der Waals surface area contributed by atoms with E-state index in [4.69, 9.17) is 14.2 Å². The van der Waals surface area contributed by atoms with Crippen LogP contribution in [0.25, 0.3) is 0 Å². The summed E-state index contributed by atoms with van der Waals surface area (Å²) in [6.45, 7) is 0.309. The lowest BCUT2D eigenvalue weighted by Gasteiger charge is -2.14. The Kier molecular flexibility index (Phi) is 5.10. The molecule has 0 aliphatic rings. The van der Waals surface area contributed by atoms with Crippen LogP contribution in [0.15, 0.2) is 12.1 Å². The highest BCUT2D eigenvalue weighted by Gasteiger charge is 2.13. The molecule has 1 aromatic carbocycles. The molecule has 1 amide bonds. The SMILES string of the molecule is COC(=O)NCc1cc(OC)c(OC)c(OC)c1. The van der Waals surface area contributed by atoms with Crippen molar-refractivity contribution in [2.45, 2.75) is 6.54 Å². The van der Waals surface area contributed by atoms with Crippen LogP contribution >= 0.6 is 0 Å². The topological polar surface area (TPSA) is 66.0 Å². The first-order valence-corrected chi connectivity index (χ1v) is 5.27. The molecule has 0 heterocycles. The van der Waals surface area contributed by atoms with E-state index >= 15 is 0 Å². The van der Waals surface area contributed by atoms with Gasteiger partial charge in [-0.25, -0.2) is 4.79 Å². The summed E-state index contributed by atoms with van der Waals surface area (Å²) >= 11 is 0. The van der Waals surface area contributed by atoms with Crippen LogP contribution in [0.1, 0.15) is 5.56 Å². The maximum Gasteiger partial charge on any atom is 0.407 e. The molecule has 0 spiro atoms. The molecule has 0 bridgehead atoms. The molecule has 0 aliphatic carbocycles. The monoisotopic (exact) mass is 255 g/mol. The smallest absolute Gasteiger partial charge is 0.407 e. The summed E-state index contributed by atoms with van der Waals surface area (Å²) in [5, 5.41) is 2.58. The summed E-state index contributed by atoms with van der Waals surface area (Å²) in [7, 11) is 5.92. The summed E-state index contributed by atoms with van der Waals surface area (Å²) in [6, 6.07) is 3.52. The molecule has 0 atom stereocenters. The molecular weight excluding hydrogens is 238 g/mol. The fourth-order valence-corrected chi connectivity index (χ4v) is 1.48. The minimum atomic E-state index is -0.497. The minimum absolute atomic E-state index is 0.309. The molecule has 0 aromatic heterocycles. The van der Waals surface area contributed by atoms with Gasteiger partial charge in [-0.05, 0) is 17.7 Å². The van der Waals surface area contributed by atoms with Gasteiger partial charge in [-0.1, -0.05) is 0 Å². The predicted octanol–water partition coefficient (Wildman–Crippen LogP) is 1.57. The maximum absolute atomic E-state index is 11.0. The van der Waals surface area contributed by atoms with Crippen molar-refractivity contribution < 1.29 is 23.7 Å². The summed E-state index contributed by atoms with van der Waals surface area (Å²) in [5.41, 5.74) is 0.815. The van der Waals surface area contributed by atoms with Gasteiger partial charge in [0.05, 0.1) is 28.4 Å². The van der Waals surface area contributed by atoms with Crippen molar-refractivity contribution in [2.75, 3.05) is 28.4 Å². The second kappa shape index (κ2) is 6.58. The number of rotatable bonds is 5. The van der Waals surface area contributed by atoms with Gasteiger partial charge < -0.3 is 24.3 Å². The first kappa shape index (κ1) is 14.0. The van der Waals surface area contributed by atoms with Crippen LogP contribution in [0.4, 0.5) is 4.79 Å². The maximum atomic E-state index is 11.0. The Hall–Kier alpha value is -2.11. The van der Waals surface area contributed by atoms with Gasteiger partial charge in [0.15, 0.2) is 11.5 Å². The Labute approximate surface area is 106 Å². The molecule has 0 fully saturated rings. The summed E-state index contributed by atoms with van der Waals surface area (Å²) in [4.78, 5) is 11.0. The first-order chi connectivity index (χ1) is 8.65. The number of alkyl carbamates (subject to hydrolysis) is 1. The lowest BCUT2D eigenvalue weighted by Crippen LogP contribution is -2.22. The average Bonchev–Trinajstić information content (AvgIpc) is 2.43. The van der Waals surface area contributed by atoms with Crippen LogP contribution < -0.4 is 19.5 Å². The molecule has 100 valence electrons. The van der Waals surface area contributed by atoms with E-state index < -0.39 is 6.09 Å². The number of amides is 1. The highest BCUT2D eigenvalue weighted by molar-refractivity contribution is 5.67. The van der Waals surface area contributed by atoms with Crippen LogP contribution in [-0.2, 0) is 11.3 Å². The zero-order chi connectivity index (χ0) is 13.5. The van der Waals surface area contributed by atoms with Crippen molar-refractivity contribution in [2.24, 2.45) is 0 Å². The quantitative estimate of drug-likeness (QED) is 0.865. The second-order valence-electron chi connectivity index (χ2n) is 3.38. The van der Waals surface area contributed by atoms with E-state index in [1.807, 2.05) is 0 Å².